The van der Waals surface area contributed by atoms with Crippen LogP contribution in [0, 0.1) is 11.8 Å². The Labute approximate surface area is 91.5 Å². The smallest absolute Gasteiger partial charge is 0.303 e. The number of rotatable bonds is 6. The van der Waals surface area contributed by atoms with E-state index in [1.54, 1.807) is 0 Å². The number of hydrogen-bond acceptors (Lipinski definition) is 2. The minimum atomic E-state index is -0.727. The fourth-order valence-electron chi connectivity index (χ4n) is 2.66. The summed E-state index contributed by atoms with van der Waals surface area (Å²) in [5.41, 5.74) is 0. The number of carbonyl (C=O) groups is 1. The molecule has 15 heavy (non-hydrogen) atoms. The Morgan fingerprint density at radius 2 is 2.07 bits per heavy atom. The van der Waals surface area contributed by atoms with Gasteiger partial charge in [-0.15, -0.1) is 0 Å². The van der Waals surface area contributed by atoms with E-state index in [9.17, 15) is 9.90 Å². The van der Waals surface area contributed by atoms with Crippen molar-refractivity contribution in [1.29, 1.82) is 0 Å². The number of aliphatic hydroxyl groups is 1. The van der Waals surface area contributed by atoms with E-state index in [1.807, 2.05) is 0 Å². The van der Waals surface area contributed by atoms with Crippen molar-refractivity contribution in [3.63, 3.8) is 0 Å². The maximum atomic E-state index is 10.7. The Bertz CT molecular complexity index is 203. The van der Waals surface area contributed by atoms with Gasteiger partial charge in [-0.1, -0.05) is 26.2 Å². The molecule has 3 nitrogen and oxygen atoms in total. The van der Waals surface area contributed by atoms with Gasteiger partial charge in [-0.3, -0.25) is 4.79 Å². The highest BCUT2D eigenvalue weighted by atomic mass is 16.4. The zero-order valence-corrected chi connectivity index (χ0v) is 9.48. The lowest BCUT2D eigenvalue weighted by Crippen LogP contribution is -2.21. The molecule has 1 fully saturated rings. The number of unbranched alkanes of at least 4 members (excludes halogenated alkanes) is 2. The molecule has 0 bridgehead atoms. The van der Waals surface area contributed by atoms with Crippen LogP contribution in [0.3, 0.4) is 0 Å². The molecule has 0 heterocycles. The van der Waals surface area contributed by atoms with E-state index in [4.69, 9.17) is 5.11 Å². The number of carboxylic acid groups (broad SMARTS) is 1. The molecule has 0 amide bonds. The predicted molar refractivity (Wildman–Crippen MR) is 58.6 cm³/mol. The summed E-state index contributed by atoms with van der Waals surface area (Å²) in [5.74, 6) is -0.295. The normalized spacial score (nSPS) is 30.7. The van der Waals surface area contributed by atoms with Crippen LogP contribution in [0.5, 0.6) is 0 Å². The van der Waals surface area contributed by atoms with Crippen LogP contribution in [-0.2, 0) is 4.79 Å². The molecule has 0 aromatic rings. The van der Waals surface area contributed by atoms with Crippen molar-refractivity contribution < 1.29 is 15.0 Å². The minimum Gasteiger partial charge on any atom is -0.481 e. The molecule has 0 aromatic carbocycles. The van der Waals surface area contributed by atoms with Crippen molar-refractivity contribution in [2.24, 2.45) is 11.8 Å². The molecule has 1 saturated carbocycles. The van der Waals surface area contributed by atoms with Gasteiger partial charge < -0.3 is 10.2 Å². The standard InChI is InChI=1S/C12H22O3/c1-2-3-4-5-10-9(8-12(14)15)6-7-11(10)13/h9-11,13H,2-8H2,1H3,(H,14,15)/t9-,10+,11-/m1/s1. The summed E-state index contributed by atoms with van der Waals surface area (Å²) < 4.78 is 0. The largest absolute Gasteiger partial charge is 0.481 e. The lowest BCUT2D eigenvalue weighted by atomic mass is 9.87. The van der Waals surface area contributed by atoms with Crippen molar-refractivity contribution in [1.82, 2.24) is 0 Å². The van der Waals surface area contributed by atoms with E-state index in [2.05, 4.69) is 6.92 Å². The van der Waals surface area contributed by atoms with E-state index >= 15 is 0 Å². The molecule has 0 spiro atoms. The van der Waals surface area contributed by atoms with Crippen LogP contribution in [0.4, 0.5) is 0 Å². The lowest BCUT2D eigenvalue weighted by Gasteiger charge is -2.20. The Hall–Kier alpha value is -0.570. The van der Waals surface area contributed by atoms with Gasteiger partial charge in [0.2, 0.25) is 0 Å². The summed E-state index contributed by atoms with van der Waals surface area (Å²) in [6.07, 6.45) is 6.11. The Morgan fingerprint density at radius 3 is 2.67 bits per heavy atom. The first-order chi connectivity index (χ1) is 7.15. The van der Waals surface area contributed by atoms with Gasteiger partial charge >= 0.3 is 5.97 Å². The first kappa shape index (κ1) is 12.5. The number of hydrogen-bond donors (Lipinski definition) is 2. The van der Waals surface area contributed by atoms with E-state index in [0.717, 1.165) is 25.7 Å². The molecule has 1 aliphatic carbocycles. The molecule has 0 unspecified atom stereocenters. The highest BCUT2D eigenvalue weighted by molar-refractivity contribution is 5.67. The maximum Gasteiger partial charge on any atom is 0.303 e. The summed E-state index contributed by atoms with van der Waals surface area (Å²) in [6, 6.07) is 0. The van der Waals surface area contributed by atoms with Crippen molar-refractivity contribution in [2.45, 2.75) is 58.0 Å². The summed E-state index contributed by atoms with van der Waals surface area (Å²) in [5, 5.41) is 18.5. The van der Waals surface area contributed by atoms with E-state index < -0.39 is 5.97 Å². The second kappa shape index (κ2) is 6.11. The van der Waals surface area contributed by atoms with E-state index in [0.29, 0.717) is 0 Å². The molecule has 2 N–H and O–H groups in total. The van der Waals surface area contributed by atoms with Gasteiger partial charge in [0.25, 0.3) is 0 Å². The van der Waals surface area contributed by atoms with Gasteiger partial charge in [0.15, 0.2) is 0 Å². The summed E-state index contributed by atoms with van der Waals surface area (Å²) in [4.78, 5) is 10.7. The Morgan fingerprint density at radius 1 is 1.33 bits per heavy atom. The van der Waals surface area contributed by atoms with Crippen LogP contribution < -0.4 is 0 Å². The highest BCUT2D eigenvalue weighted by Crippen LogP contribution is 2.37. The van der Waals surface area contributed by atoms with Crippen molar-refractivity contribution in [2.75, 3.05) is 0 Å². The molecule has 1 aliphatic rings. The molecule has 0 aromatic heterocycles. The van der Waals surface area contributed by atoms with Crippen molar-refractivity contribution in [3.05, 3.63) is 0 Å². The quantitative estimate of drug-likeness (QED) is 0.668. The molecular formula is C12H22O3. The molecule has 0 radical (unpaired) electrons. The predicted octanol–water partition coefficient (Wildman–Crippen LogP) is 2.43. The average Bonchev–Trinajstić information content (AvgIpc) is 2.49. The topological polar surface area (TPSA) is 57.5 Å². The van der Waals surface area contributed by atoms with Crippen molar-refractivity contribution in [3.8, 4) is 0 Å². The first-order valence-electron chi connectivity index (χ1n) is 6.05. The van der Waals surface area contributed by atoms with Gasteiger partial charge in [-0.25, -0.2) is 0 Å². The number of aliphatic hydroxyl groups excluding tert-OH is 1. The van der Waals surface area contributed by atoms with Gasteiger partial charge in [0, 0.05) is 6.42 Å². The third kappa shape index (κ3) is 3.82. The monoisotopic (exact) mass is 214 g/mol. The fraction of sp³-hybridized carbons (Fsp3) is 0.917. The van der Waals surface area contributed by atoms with Crippen LogP contribution in [-0.4, -0.2) is 22.3 Å². The second-order valence-corrected chi connectivity index (χ2v) is 4.66. The third-order valence-corrected chi connectivity index (χ3v) is 3.51. The molecular weight excluding hydrogens is 192 g/mol. The highest BCUT2D eigenvalue weighted by Gasteiger charge is 2.35. The maximum absolute atomic E-state index is 10.7. The second-order valence-electron chi connectivity index (χ2n) is 4.66. The molecule has 3 atom stereocenters. The van der Waals surface area contributed by atoms with Gasteiger partial charge in [-0.2, -0.15) is 0 Å². The summed E-state index contributed by atoms with van der Waals surface area (Å²) in [7, 11) is 0. The molecule has 3 heteroatoms. The van der Waals surface area contributed by atoms with Gasteiger partial charge in [0.1, 0.15) is 0 Å². The number of carboxylic acids is 1. The average molecular weight is 214 g/mol. The van der Waals surface area contributed by atoms with Crippen LogP contribution >= 0.6 is 0 Å². The third-order valence-electron chi connectivity index (χ3n) is 3.51. The van der Waals surface area contributed by atoms with Gasteiger partial charge in [0.05, 0.1) is 6.10 Å². The zero-order valence-electron chi connectivity index (χ0n) is 9.48. The SMILES string of the molecule is CCCCC[C@H]1[C@@H](CC(=O)O)CC[C@H]1O. The Balaban J connectivity index is 2.38. The molecule has 1 rings (SSSR count). The van der Waals surface area contributed by atoms with Crippen LogP contribution in [0.2, 0.25) is 0 Å². The summed E-state index contributed by atoms with van der Waals surface area (Å²) in [6.45, 7) is 2.15. The molecule has 88 valence electrons. The zero-order chi connectivity index (χ0) is 11.3. The van der Waals surface area contributed by atoms with E-state index in [1.165, 1.54) is 12.8 Å². The fourth-order valence-corrected chi connectivity index (χ4v) is 2.66. The lowest BCUT2D eigenvalue weighted by molar-refractivity contribution is -0.138. The van der Waals surface area contributed by atoms with Crippen LogP contribution in [0.25, 0.3) is 0 Å². The molecule has 0 saturated heterocycles. The molecule has 0 aliphatic heterocycles. The van der Waals surface area contributed by atoms with E-state index in [-0.39, 0.29) is 24.4 Å². The minimum absolute atomic E-state index is 0.203. The first-order valence-corrected chi connectivity index (χ1v) is 6.05. The van der Waals surface area contributed by atoms with Crippen LogP contribution in [0.15, 0.2) is 0 Å². The summed E-state index contributed by atoms with van der Waals surface area (Å²) >= 11 is 0. The van der Waals surface area contributed by atoms with Crippen LogP contribution in [0.1, 0.15) is 51.9 Å². The number of aliphatic carboxylic acids is 1. The van der Waals surface area contributed by atoms with Gasteiger partial charge in [-0.05, 0) is 31.1 Å². The Kier molecular flexibility index (Phi) is 5.09. The van der Waals surface area contributed by atoms with Crippen molar-refractivity contribution >= 4 is 5.97 Å².